The molecule has 0 atom stereocenters. The Morgan fingerprint density at radius 2 is 1.74 bits per heavy atom. The van der Waals surface area contributed by atoms with Crippen LogP contribution in [-0.4, -0.2) is 13.2 Å². The van der Waals surface area contributed by atoms with Crippen LogP contribution in [0.4, 0.5) is 5.69 Å². The van der Waals surface area contributed by atoms with Gasteiger partial charge >= 0.3 is 0 Å². The lowest BCUT2D eigenvalue weighted by Gasteiger charge is -2.10. The number of para-hydroxylation sites is 1. The molecule has 0 radical (unpaired) electrons. The average molecular weight is 317 g/mol. The predicted molar refractivity (Wildman–Crippen MR) is 81.9 cm³/mol. The van der Waals surface area contributed by atoms with Crippen molar-refractivity contribution in [3.05, 3.63) is 57.5 Å². The van der Waals surface area contributed by atoms with E-state index in [0.717, 1.165) is 5.69 Å². The molecule has 0 saturated carbocycles. The Balaban J connectivity index is 1.84. The van der Waals surface area contributed by atoms with E-state index in [1.54, 1.807) is 18.2 Å². The number of halogens is 3. The van der Waals surface area contributed by atoms with E-state index in [2.05, 4.69) is 5.32 Å². The highest BCUT2D eigenvalue weighted by molar-refractivity contribution is 6.34. The highest BCUT2D eigenvalue weighted by Gasteiger charge is 2.02. The third kappa shape index (κ3) is 4.20. The molecule has 2 nitrogen and oxygen atoms in total. The van der Waals surface area contributed by atoms with Gasteiger partial charge in [-0.3, -0.25) is 0 Å². The van der Waals surface area contributed by atoms with Crippen molar-refractivity contribution in [1.29, 1.82) is 0 Å². The monoisotopic (exact) mass is 315 g/mol. The van der Waals surface area contributed by atoms with E-state index in [9.17, 15) is 0 Å². The first kappa shape index (κ1) is 14.3. The van der Waals surface area contributed by atoms with Gasteiger partial charge in [0.1, 0.15) is 12.4 Å². The number of nitrogens with one attached hydrogen (secondary N) is 1. The molecule has 2 aromatic rings. The Bertz CT molecular complexity index is 560. The summed E-state index contributed by atoms with van der Waals surface area (Å²) in [6, 6.07) is 12.7. The number of hydrogen-bond donors (Lipinski definition) is 1. The molecule has 0 aliphatic rings. The number of benzene rings is 2. The highest BCUT2D eigenvalue weighted by atomic mass is 35.5. The Hall–Kier alpha value is -1.09. The van der Waals surface area contributed by atoms with Crippen LogP contribution in [0.2, 0.25) is 15.1 Å². The van der Waals surface area contributed by atoms with Gasteiger partial charge in [-0.2, -0.15) is 0 Å². The zero-order valence-electron chi connectivity index (χ0n) is 10.00. The first-order valence-corrected chi connectivity index (χ1v) is 6.86. The summed E-state index contributed by atoms with van der Waals surface area (Å²) < 4.78 is 5.56. The largest absolute Gasteiger partial charge is 0.490 e. The summed E-state index contributed by atoms with van der Waals surface area (Å²) in [5.74, 6) is 0.579. The summed E-state index contributed by atoms with van der Waals surface area (Å²) in [6.07, 6.45) is 0. The van der Waals surface area contributed by atoms with Crippen molar-refractivity contribution in [1.82, 2.24) is 0 Å². The van der Waals surface area contributed by atoms with Gasteiger partial charge in [0.2, 0.25) is 0 Å². The second-order valence-corrected chi connectivity index (χ2v) is 5.08. The molecule has 0 heterocycles. The van der Waals surface area contributed by atoms with Crippen molar-refractivity contribution in [3.8, 4) is 5.75 Å². The molecular weight excluding hydrogens is 305 g/mol. The summed E-state index contributed by atoms with van der Waals surface area (Å²) in [6.45, 7) is 1.08. The summed E-state index contributed by atoms with van der Waals surface area (Å²) in [7, 11) is 0. The average Bonchev–Trinajstić information content (AvgIpc) is 2.40. The van der Waals surface area contributed by atoms with Crippen LogP contribution in [-0.2, 0) is 0 Å². The smallest absolute Gasteiger partial charge is 0.139 e. The molecule has 2 rings (SSSR count). The first-order valence-electron chi connectivity index (χ1n) is 5.73. The molecule has 19 heavy (non-hydrogen) atoms. The summed E-state index contributed by atoms with van der Waals surface area (Å²) in [5.41, 5.74) is 0.880. The molecule has 0 unspecified atom stereocenters. The van der Waals surface area contributed by atoms with E-state index in [0.29, 0.717) is 34.0 Å². The van der Waals surface area contributed by atoms with E-state index in [4.69, 9.17) is 39.5 Å². The molecule has 0 bridgehead atoms. The van der Waals surface area contributed by atoms with Gasteiger partial charge in [-0.1, -0.05) is 46.9 Å². The van der Waals surface area contributed by atoms with Crippen molar-refractivity contribution < 1.29 is 4.74 Å². The van der Waals surface area contributed by atoms with E-state index in [-0.39, 0.29) is 0 Å². The maximum absolute atomic E-state index is 6.02. The fourth-order valence-electron chi connectivity index (χ4n) is 1.54. The lowest BCUT2D eigenvalue weighted by Crippen LogP contribution is -2.11. The van der Waals surface area contributed by atoms with Gasteiger partial charge in [-0.05, 0) is 24.3 Å². The Kier molecular flexibility index (Phi) is 5.20. The number of anilines is 1. The second-order valence-electron chi connectivity index (χ2n) is 3.83. The Morgan fingerprint density at radius 1 is 0.947 bits per heavy atom. The van der Waals surface area contributed by atoms with Crippen LogP contribution in [0.1, 0.15) is 0 Å². The number of rotatable bonds is 5. The van der Waals surface area contributed by atoms with Crippen molar-refractivity contribution in [2.24, 2.45) is 0 Å². The van der Waals surface area contributed by atoms with Gasteiger partial charge in [0, 0.05) is 17.6 Å². The van der Waals surface area contributed by atoms with Crippen LogP contribution in [0.3, 0.4) is 0 Å². The van der Waals surface area contributed by atoms with Gasteiger partial charge in [0.25, 0.3) is 0 Å². The Morgan fingerprint density at radius 3 is 2.53 bits per heavy atom. The number of hydrogen-bond acceptors (Lipinski definition) is 2. The fourth-order valence-corrected chi connectivity index (χ4v) is 2.08. The van der Waals surface area contributed by atoms with Gasteiger partial charge in [-0.25, -0.2) is 0 Å². The van der Waals surface area contributed by atoms with Crippen LogP contribution in [0, 0.1) is 0 Å². The predicted octanol–water partition coefficient (Wildman–Crippen LogP) is 5.14. The van der Waals surface area contributed by atoms with E-state index in [1.807, 2.05) is 24.3 Å². The van der Waals surface area contributed by atoms with Crippen molar-refractivity contribution in [2.75, 3.05) is 18.5 Å². The topological polar surface area (TPSA) is 21.3 Å². The third-order valence-electron chi connectivity index (χ3n) is 2.44. The maximum Gasteiger partial charge on any atom is 0.139 e. The summed E-state index contributed by atoms with van der Waals surface area (Å²) >= 11 is 17.9. The fraction of sp³-hybridized carbons (Fsp3) is 0.143. The van der Waals surface area contributed by atoms with Gasteiger partial charge < -0.3 is 10.1 Å². The van der Waals surface area contributed by atoms with Crippen molar-refractivity contribution >= 4 is 40.5 Å². The summed E-state index contributed by atoms with van der Waals surface area (Å²) in [5, 5.41) is 5.01. The van der Waals surface area contributed by atoms with Gasteiger partial charge in [-0.15, -0.1) is 0 Å². The van der Waals surface area contributed by atoms with E-state index < -0.39 is 0 Å². The van der Waals surface area contributed by atoms with Crippen LogP contribution >= 0.6 is 34.8 Å². The molecule has 2 aromatic carbocycles. The van der Waals surface area contributed by atoms with Crippen LogP contribution in [0.15, 0.2) is 42.5 Å². The zero-order chi connectivity index (χ0) is 13.7. The van der Waals surface area contributed by atoms with Crippen molar-refractivity contribution in [2.45, 2.75) is 0 Å². The molecule has 0 saturated heterocycles. The van der Waals surface area contributed by atoms with E-state index >= 15 is 0 Å². The molecule has 1 N–H and O–H groups in total. The van der Waals surface area contributed by atoms with Crippen molar-refractivity contribution in [3.63, 3.8) is 0 Å². The van der Waals surface area contributed by atoms with E-state index in [1.165, 1.54) is 0 Å². The summed E-state index contributed by atoms with van der Waals surface area (Å²) in [4.78, 5) is 0. The molecule has 0 amide bonds. The van der Waals surface area contributed by atoms with Gasteiger partial charge in [0.05, 0.1) is 15.7 Å². The SMILES string of the molecule is Clc1ccc(Cl)c(OCCNc2ccccc2Cl)c1. The molecular formula is C14H12Cl3NO. The zero-order valence-corrected chi connectivity index (χ0v) is 12.3. The quantitative estimate of drug-likeness (QED) is 0.771. The minimum absolute atomic E-state index is 0.464. The normalized spacial score (nSPS) is 10.3. The minimum atomic E-state index is 0.464. The lowest BCUT2D eigenvalue weighted by molar-refractivity contribution is 0.333. The van der Waals surface area contributed by atoms with Crippen LogP contribution in [0.25, 0.3) is 0 Å². The standard InChI is InChI=1S/C14H12Cl3NO/c15-10-5-6-12(17)14(9-10)19-8-7-18-13-4-2-1-3-11(13)16/h1-6,9,18H,7-8H2. The van der Waals surface area contributed by atoms with Gasteiger partial charge in [0.15, 0.2) is 0 Å². The van der Waals surface area contributed by atoms with Crippen LogP contribution in [0.5, 0.6) is 5.75 Å². The molecule has 0 aliphatic carbocycles. The maximum atomic E-state index is 6.02. The molecule has 100 valence electrons. The molecule has 0 aliphatic heterocycles. The lowest BCUT2D eigenvalue weighted by atomic mass is 10.3. The molecule has 0 aromatic heterocycles. The highest BCUT2D eigenvalue weighted by Crippen LogP contribution is 2.27. The molecule has 0 fully saturated rings. The molecule has 0 spiro atoms. The van der Waals surface area contributed by atoms with Crippen LogP contribution < -0.4 is 10.1 Å². The first-order chi connectivity index (χ1) is 9.16. The second kappa shape index (κ2) is 6.90. The minimum Gasteiger partial charge on any atom is -0.490 e. The third-order valence-corrected chi connectivity index (χ3v) is 3.32. The molecule has 5 heteroatoms. The number of ether oxygens (including phenoxy) is 1. The Labute approximate surface area is 127 Å².